The number of hydrogen-bond donors (Lipinski definition) is 1. The third-order valence-corrected chi connectivity index (χ3v) is 2.83. The van der Waals surface area contributed by atoms with E-state index in [-0.39, 0.29) is 5.91 Å². The van der Waals surface area contributed by atoms with Crippen LogP contribution in [0.4, 0.5) is 5.69 Å². The highest BCUT2D eigenvalue weighted by molar-refractivity contribution is 5.97. The number of pyridine rings is 1. The molecule has 18 heavy (non-hydrogen) atoms. The Morgan fingerprint density at radius 1 is 1.56 bits per heavy atom. The van der Waals surface area contributed by atoms with Crippen LogP contribution in [0.1, 0.15) is 16.1 Å². The van der Waals surface area contributed by atoms with Gasteiger partial charge in [0.25, 0.3) is 5.91 Å². The van der Waals surface area contributed by atoms with Gasteiger partial charge in [-0.15, -0.1) is 6.42 Å². The normalized spacial score (nSPS) is 15.0. The molecule has 1 aromatic heterocycles. The monoisotopic (exact) mass is 245 g/mol. The number of anilines is 1. The Kier molecular flexibility index (Phi) is 3.80. The second-order valence-electron chi connectivity index (χ2n) is 3.91. The minimum absolute atomic E-state index is 0.208. The van der Waals surface area contributed by atoms with Crippen molar-refractivity contribution in [1.82, 2.24) is 10.3 Å². The summed E-state index contributed by atoms with van der Waals surface area (Å²) in [6, 6.07) is 1.82. The lowest BCUT2D eigenvalue weighted by Crippen LogP contribution is -2.38. The van der Waals surface area contributed by atoms with Crippen molar-refractivity contribution in [3.63, 3.8) is 0 Å². The fourth-order valence-corrected chi connectivity index (χ4v) is 1.87. The molecule has 1 N–H and O–H groups in total. The van der Waals surface area contributed by atoms with Crippen LogP contribution in [0.25, 0.3) is 0 Å². The average Bonchev–Trinajstić information content (AvgIpc) is 2.46. The summed E-state index contributed by atoms with van der Waals surface area (Å²) in [5, 5.41) is 2.59. The summed E-state index contributed by atoms with van der Waals surface area (Å²) < 4.78 is 5.30. The van der Waals surface area contributed by atoms with Gasteiger partial charge in [0.1, 0.15) is 0 Å². The summed E-state index contributed by atoms with van der Waals surface area (Å²) in [5.74, 6) is 2.33. The first-order valence-electron chi connectivity index (χ1n) is 5.77. The first-order valence-corrected chi connectivity index (χ1v) is 5.77. The zero-order valence-electron chi connectivity index (χ0n) is 10.3. The van der Waals surface area contributed by atoms with Gasteiger partial charge in [-0.1, -0.05) is 5.92 Å². The van der Waals surface area contributed by atoms with Crippen LogP contribution < -0.4 is 10.2 Å². The summed E-state index contributed by atoms with van der Waals surface area (Å²) in [6.45, 7) is 2.76. The number of hydrogen-bond acceptors (Lipinski definition) is 4. The number of rotatable bonds is 2. The Morgan fingerprint density at radius 3 is 2.89 bits per heavy atom. The van der Waals surface area contributed by atoms with Crippen molar-refractivity contribution >= 4 is 11.6 Å². The summed E-state index contributed by atoms with van der Waals surface area (Å²) >= 11 is 0. The lowest BCUT2D eigenvalue weighted by molar-refractivity contribution is 0.0956. The van der Waals surface area contributed by atoms with E-state index in [1.807, 2.05) is 6.07 Å². The van der Waals surface area contributed by atoms with Crippen LogP contribution in [-0.4, -0.2) is 44.2 Å². The third kappa shape index (κ3) is 2.44. The molecule has 1 fully saturated rings. The van der Waals surface area contributed by atoms with Crippen molar-refractivity contribution in [1.29, 1.82) is 0 Å². The zero-order valence-corrected chi connectivity index (χ0v) is 10.3. The third-order valence-electron chi connectivity index (χ3n) is 2.83. The Hall–Kier alpha value is -2.06. The number of nitrogens with zero attached hydrogens (tertiary/aromatic N) is 2. The molecule has 0 aromatic carbocycles. The van der Waals surface area contributed by atoms with Crippen LogP contribution in [0.2, 0.25) is 0 Å². The maximum Gasteiger partial charge on any atom is 0.271 e. The summed E-state index contributed by atoms with van der Waals surface area (Å²) in [7, 11) is 1.59. The molecule has 0 unspecified atom stereocenters. The van der Waals surface area contributed by atoms with E-state index in [0.717, 1.165) is 18.8 Å². The summed E-state index contributed by atoms with van der Waals surface area (Å²) in [5.41, 5.74) is 1.84. The quantitative estimate of drug-likeness (QED) is 0.759. The van der Waals surface area contributed by atoms with Crippen LogP contribution in [0.5, 0.6) is 0 Å². The molecule has 1 amide bonds. The zero-order chi connectivity index (χ0) is 13.0. The van der Waals surface area contributed by atoms with Crippen LogP contribution >= 0.6 is 0 Å². The molecule has 1 saturated heterocycles. The van der Waals surface area contributed by atoms with Gasteiger partial charge in [0.15, 0.2) is 5.69 Å². The van der Waals surface area contributed by atoms with Gasteiger partial charge in [-0.05, 0) is 6.07 Å². The highest BCUT2D eigenvalue weighted by Crippen LogP contribution is 2.21. The van der Waals surface area contributed by atoms with Gasteiger partial charge in [-0.25, -0.2) is 4.98 Å². The first-order chi connectivity index (χ1) is 8.76. The number of nitrogens with one attached hydrogen (secondary N) is 1. The Labute approximate surface area is 106 Å². The minimum atomic E-state index is -0.208. The molecule has 2 rings (SSSR count). The van der Waals surface area contributed by atoms with Gasteiger partial charge in [-0.3, -0.25) is 4.79 Å². The molecule has 2 heterocycles. The minimum Gasteiger partial charge on any atom is -0.378 e. The van der Waals surface area contributed by atoms with Crippen molar-refractivity contribution in [3.05, 3.63) is 23.5 Å². The molecule has 0 spiro atoms. The standard InChI is InChI=1S/C13H15N3O2/c1-3-10-8-11(16-4-6-18-7-5-16)12(15-9-10)13(17)14-2/h1,8-9H,4-7H2,2H3,(H,14,17). The van der Waals surface area contributed by atoms with Crippen LogP contribution in [-0.2, 0) is 4.74 Å². The van der Waals surface area contributed by atoms with E-state index >= 15 is 0 Å². The van der Waals surface area contributed by atoms with Gasteiger partial charge in [0.05, 0.1) is 18.9 Å². The molecule has 0 aliphatic carbocycles. The highest BCUT2D eigenvalue weighted by atomic mass is 16.5. The molecule has 0 bridgehead atoms. The summed E-state index contributed by atoms with van der Waals surface area (Å²) in [6.07, 6.45) is 6.91. The van der Waals surface area contributed by atoms with E-state index < -0.39 is 0 Å². The van der Waals surface area contributed by atoms with Crippen LogP contribution in [0.3, 0.4) is 0 Å². The van der Waals surface area contributed by atoms with E-state index in [0.29, 0.717) is 24.5 Å². The van der Waals surface area contributed by atoms with Crippen molar-refractivity contribution in [3.8, 4) is 12.3 Å². The van der Waals surface area contributed by atoms with Crippen LogP contribution in [0, 0.1) is 12.3 Å². The number of aromatic nitrogens is 1. The molecule has 5 heteroatoms. The molecule has 0 saturated carbocycles. The predicted molar refractivity (Wildman–Crippen MR) is 68.6 cm³/mol. The molecule has 5 nitrogen and oxygen atoms in total. The molecular formula is C13H15N3O2. The van der Waals surface area contributed by atoms with Crippen molar-refractivity contribution in [2.75, 3.05) is 38.3 Å². The SMILES string of the molecule is C#Cc1cnc(C(=O)NC)c(N2CCOCC2)c1. The van der Waals surface area contributed by atoms with Gasteiger partial charge >= 0.3 is 0 Å². The van der Waals surface area contributed by atoms with E-state index in [1.54, 1.807) is 7.05 Å². The first kappa shape index (κ1) is 12.4. The number of carbonyl (C=O) groups excluding carboxylic acids is 1. The number of carbonyl (C=O) groups is 1. The second kappa shape index (κ2) is 5.52. The lowest BCUT2D eigenvalue weighted by Gasteiger charge is -2.29. The van der Waals surface area contributed by atoms with E-state index in [4.69, 9.17) is 11.2 Å². The second-order valence-corrected chi connectivity index (χ2v) is 3.91. The Bertz CT molecular complexity index is 487. The smallest absolute Gasteiger partial charge is 0.271 e. The molecular weight excluding hydrogens is 230 g/mol. The largest absolute Gasteiger partial charge is 0.378 e. The van der Waals surface area contributed by atoms with Crippen LogP contribution in [0.15, 0.2) is 12.3 Å². The predicted octanol–water partition coefficient (Wildman–Crippen LogP) is 0.259. The number of terminal acetylenes is 1. The maximum absolute atomic E-state index is 11.8. The molecule has 1 aliphatic heterocycles. The van der Waals surface area contributed by atoms with Gasteiger partial charge in [0.2, 0.25) is 0 Å². The maximum atomic E-state index is 11.8. The average molecular weight is 245 g/mol. The molecule has 0 radical (unpaired) electrons. The number of ether oxygens (including phenoxy) is 1. The molecule has 94 valence electrons. The van der Waals surface area contributed by atoms with Gasteiger partial charge < -0.3 is 15.0 Å². The molecule has 1 aromatic rings. The topological polar surface area (TPSA) is 54.5 Å². The fourth-order valence-electron chi connectivity index (χ4n) is 1.87. The van der Waals surface area contributed by atoms with Crippen molar-refractivity contribution < 1.29 is 9.53 Å². The van der Waals surface area contributed by atoms with Crippen molar-refractivity contribution in [2.45, 2.75) is 0 Å². The van der Waals surface area contributed by atoms with E-state index in [9.17, 15) is 4.79 Å². The number of morpholine rings is 1. The Morgan fingerprint density at radius 2 is 2.28 bits per heavy atom. The van der Waals surface area contributed by atoms with Gasteiger partial charge in [-0.2, -0.15) is 0 Å². The van der Waals surface area contributed by atoms with E-state index in [2.05, 4.69) is 21.1 Å². The van der Waals surface area contributed by atoms with Gasteiger partial charge in [0, 0.05) is 31.9 Å². The molecule has 1 aliphatic rings. The van der Waals surface area contributed by atoms with E-state index in [1.165, 1.54) is 6.20 Å². The fraction of sp³-hybridized carbons (Fsp3) is 0.385. The van der Waals surface area contributed by atoms with Crippen molar-refractivity contribution in [2.24, 2.45) is 0 Å². The number of amides is 1. The highest BCUT2D eigenvalue weighted by Gasteiger charge is 2.19. The summed E-state index contributed by atoms with van der Waals surface area (Å²) in [4.78, 5) is 18.0. The Balaban J connectivity index is 2.40. The lowest BCUT2D eigenvalue weighted by atomic mass is 10.2. The molecule has 0 atom stereocenters.